The molecule has 3 aromatic carbocycles. The molecule has 3 aromatic rings. The van der Waals surface area contributed by atoms with Gasteiger partial charge in [-0.25, -0.2) is 8.42 Å². The van der Waals surface area contributed by atoms with Gasteiger partial charge in [0.15, 0.2) is 4.90 Å². The molecular weight excluding hydrogens is 388 g/mol. The Morgan fingerprint density at radius 3 is 2.10 bits per heavy atom. The molecule has 0 atom stereocenters. The maximum absolute atomic E-state index is 13.3. The van der Waals surface area contributed by atoms with Gasteiger partial charge in [0.05, 0.1) is 4.92 Å². The Morgan fingerprint density at radius 1 is 0.862 bits per heavy atom. The van der Waals surface area contributed by atoms with Crippen LogP contribution in [0.4, 0.5) is 5.69 Å². The van der Waals surface area contributed by atoms with Gasteiger partial charge < -0.3 is 0 Å². The molecule has 6 nitrogen and oxygen atoms in total. The van der Waals surface area contributed by atoms with Gasteiger partial charge >= 0.3 is 0 Å². The SMILES string of the molecule is O=[N+]([O-])c1ccccc1S(=O)(=O)N(C/C=C/c1ccccc1)Cc1ccccc1. The molecule has 7 heteroatoms. The van der Waals surface area contributed by atoms with E-state index in [1.807, 2.05) is 66.7 Å². The van der Waals surface area contributed by atoms with Crippen LogP contribution < -0.4 is 0 Å². The average Bonchev–Trinajstić information content (AvgIpc) is 2.74. The van der Waals surface area contributed by atoms with Crippen molar-refractivity contribution in [3.8, 4) is 0 Å². The molecule has 0 aliphatic rings. The largest absolute Gasteiger partial charge is 0.289 e. The molecule has 0 bridgehead atoms. The normalized spacial score (nSPS) is 11.8. The van der Waals surface area contributed by atoms with Crippen molar-refractivity contribution >= 4 is 21.8 Å². The van der Waals surface area contributed by atoms with Gasteiger partial charge in [0.2, 0.25) is 10.0 Å². The van der Waals surface area contributed by atoms with Crippen molar-refractivity contribution < 1.29 is 13.3 Å². The molecular formula is C22H20N2O4S. The second-order valence-corrected chi connectivity index (χ2v) is 8.23. The van der Waals surface area contributed by atoms with Crippen molar-refractivity contribution in [3.63, 3.8) is 0 Å². The highest BCUT2D eigenvalue weighted by molar-refractivity contribution is 7.89. The minimum atomic E-state index is -4.09. The van der Waals surface area contributed by atoms with Crippen LogP contribution >= 0.6 is 0 Å². The van der Waals surface area contributed by atoms with Crippen molar-refractivity contribution in [2.45, 2.75) is 11.4 Å². The maximum Gasteiger partial charge on any atom is 0.289 e. The number of rotatable bonds is 8. The van der Waals surface area contributed by atoms with E-state index in [2.05, 4.69) is 0 Å². The van der Waals surface area contributed by atoms with Crippen LogP contribution in [0.2, 0.25) is 0 Å². The summed E-state index contributed by atoms with van der Waals surface area (Å²) in [6.45, 7) is 0.187. The van der Waals surface area contributed by atoms with Crippen LogP contribution in [0, 0.1) is 10.1 Å². The lowest BCUT2D eigenvalue weighted by Crippen LogP contribution is -2.31. The lowest BCUT2D eigenvalue weighted by Gasteiger charge is -2.21. The summed E-state index contributed by atoms with van der Waals surface area (Å²) in [5, 5.41) is 11.4. The van der Waals surface area contributed by atoms with Gasteiger partial charge in [0.1, 0.15) is 0 Å². The smallest absolute Gasteiger partial charge is 0.258 e. The van der Waals surface area contributed by atoms with Gasteiger partial charge in [0, 0.05) is 19.2 Å². The third-order valence-corrected chi connectivity index (χ3v) is 6.16. The van der Waals surface area contributed by atoms with Gasteiger partial charge in [-0.1, -0.05) is 84.9 Å². The van der Waals surface area contributed by atoms with Gasteiger partial charge in [-0.2, -0.15) is 4.31 Å². The fourth-order valence-electron chi connectivity index (χ4n) is 2.87. The Bertz CT molecular complexity index is 1100. The second-order valence-electron chi connectivity index (χ2n) is 6.32. The summed E-state index contributed by atoms with van der Waals surface area (Å²) in [6.07, 6.45) is 3.57. The van der Waals surface area contributed by atoms with Gasteiger partial charge in [-0.3, -0.25) is 10.1 Å². The number of hydrogen-bond acceptors (Lipinski definition) is 4. The molecule has 3 rings (SSSR count). The highest BCUT2D eigenvalue weighted by Crippen LogP contribution is 2.27. The average molecular weight is 408 g/mol. The van der Waals surface area contributed by atoms with Gasteiger partial charge in [-0.05, 0) is 17.2 Å². The lowest BCUT2D eigenvalue weighted by molar-refractivity contribution is -0.387. The van der Waals surface area contributed by atoms with Crippen molar-refractivity contribution in [1.29, 1.82) is 0 Å². The molecule has 29 heavy (non-hydrogen) atoms. The molecule has 0 spiro atoms. The van der Waals surface area contributed by atoms with E-state index in [-0.39, 0.29) is 18.0 Å². The fourth-order valence-corrected chi connectivity index (χ4v) is 4.41. The van der Waals surface area contributed by atoms with Crippen molar-refractivity contribution in [3.05, 3.63) is 112 Å². The third-order valence-electron chi connectivity index (χ3n) is 4.30. The highest BCUT2D eigenvalue weighted by Gasteiger charge is 2.30. The quantitative estimate of drug-likeness (QED) is 0.406. The van der Waals surface area contributed by atoms with E-state index in [4.69, 9.17) is 0 Å². The monoisotopic (exact) mass is 408 g/mol. The Hall–Kier alpha value is -3.29. The first-order chi connectivity index (χ1) is 14.0. The summed E-state index contributed by atoms with van der Waals surface area (Å²) in [5.74, 6) is 0. The molecule has 148 valence electrons. The molecule has 0 heterocycles. The van der Waals surface area contributed by atoms with Crippen molar-refractivity contribution in [1.82, 2.24) is 4.31 Å². The van der Waals surface area contributed by atoms with E-state index in [1.165, 1.54) is 28.6 Å². The predicted molar refractivity (Wildman–Crippen MR) is 113 cm³/mol. The van der Waals surface area contributed by atoms with E-state index in [9.17, 15) is 18.5 Å². The number of nitro groups is 1. The van der Waals surface area contributed by atoms with Crippen LogP contribution in [0.1, 0.15) is 11.1 Å². The predicted octanol–water partition coefficient (Wildman–Crippen LogP) is 4.50. The zero-order valence-electron chi connectivity index (χ0n) is 15.6. The van der Waals surface area contributed by atoms with E-state index >= 15 is 0 Å². The molecule has 0 amide bonds. The topological polar surface area (TPSA) is 80.5 Å². The Morgan fingerprint density at radius 2 is 1.45 bits per heavy atom. The standard InChI is InChI=1S/C22H20N2O4S/c25-24(26)21-15-7-8-16-22(21)29(27,28)23(18-20-12-5-2-6-13-20)17-9-14-19-10-3-1-4-11-19/h1-16H,17-18H2/b14-9+. The molecule has 0 radical (unpaired) electrons. The zero-order valence-corrected chi connectivity index (χ0v) is 16.4. The van der Waals surface area contributed by atoms with E-state index < -0.39 is 20.6 Å². The second kappa shape index (κ2) is 9.27. The lowest BCUT2D eigenvalue weighted by atomic mass is 10.2. The summed E-state index contributed by atoms with van der Waals surface area (Å²) in [7, 11) is -4.09. The summed E-state index contributed by atoms with van der Waals surface area (Å²) >= 11 is 0. The number of nitrogens with zero attached hydrogens (tertiary/aromatic N) is 2. The summed E-state index contributed by atoms with van der Waals surface area (Å²) < 4.78 is 27.8. The molecule has 0 aliphatic carbocycles. The van der Waals surface area contributed by atoms with Gasteiger partial charge in [-0.15, -0.1) is 0 Å². The molecule has 0 fully saturated rings. The molecule has 0 aliphatic heterocycles. The Labute approximate surface area is 169 Å². The molecule has 0 aromatic heterocycles. The number of benzene rings is 3. The minimum Gasteiger partial charge on any atom is -0.258 e. The number of hydrogen-bond donors (Lipinski definition) is 0. The Kier molecular flexibility index (Phi) is 6.54. The molecule has 0 N–H and O–H groups in total. The van der Waals surface area contributed by atoms with Crippen LogP contribution in [0.25, 0.3) is 6.08 Å². The highest BCUT2D eigenvalue weighted by atomic mass is 32.2. The molecule has 0 saturated carbocycles. The third kappa shape index (κ3) is 5.16. The summed E-state index contributed by atoms with van der Waals surface area (Å²) in [5.41, 5.74) is 1.30. The van der Waals surface area contributed by atoms with E-state index in [1.54, 1.807) is 6.08 Å². The van der Waals surface area contributed by atoms with Crippen molar-refractivity contribution in [2.24, 2.45) is 0 Å². The van der Waals surface area contributed by atoms with E-state index in [0.29, 0.717) is 0 Å². The first kappa shape index (κ1) is 20.4. The minimum absolute atomic E-state index is 0.0815. The molecule has 0 saturated heterocycles. The fraction of sp³-hybridized carbons (Fsp3) is 0.0909. The van der Waals surface area contributed by atoms with Crippen LogP contribution in [-0.2, 0) is 16.6 Å². The van der Waals surface area contributed by atoms with Crippen molar-refractivity contribution in [2.75, 3.05) is 6.54 Å². The van der Waals surface area contributed by atoms with Crippen LogP contribution in [-0.4, -0.2) is 24.2 Å². The Balaban J connectivity index is 1.95. The number of sulfonamides is 1. The summed E-state index contributed by atoms with van der Waals surface area (Å²) in [6, 6.07) is 24.1. The van der Waals surface area contributed by atoms with E-state index in [0.717, 1.165) is 11.1 Å². The summed E-state index contributed by atoms with van der Waals surface area (Å²) in [4.78, 5) is 10.4. The first-order valence-electron chi connectivity index (χ1n) is 8.97. The first-order valence-corrected chi connectivity index (χ1v) is 10.4. The molecule has 0 unspecified atom stereocenters. The van der Waals surface area contributed by atoms with Gasteiger partial charge in [0.25, 0.3) is 5.69 Å². The van der Waals surface area contributed by atoms with Crippen LogP contribution in [0.15, 0.2) is 95.9 Å². The number of nitro benzene ring substituents is 1. The van der Waals surface area contributed by atoms with Crippen LogP contribution in [0.3, 0.4) is 0 Å². The van der Waals surface area contributed by atoms with Crippen LogP contribution in [0.5, 0.6) is 0 Å². The number of para-hydroxylation sites is 1. The maximum atomic E-state index is 13.3. The zero-order chi connectivity index (χ0) is 20.7.